The van der Waals surface area contributed by atoms with Gasteiger partial charge in [-0.1, -0.05) is 61.3 Å². The van der Waals surface area contributed by atoms with E-state index < -0.39 is 10.0 Å². The molecule has 5 nitrogen and oxygen atoms in total. The lowest BCUT2D eigenvalue weighted by molar-refractivity contribution is -0.115. The standard InChI is InChI=1S/C23H22Cl2N2O3S/c1-15(2)17-4-3-5-21(11-17)26-23(28)10-16-6-8-20(9-7-16)27-31(29,30)22-13-18(24)12-19(25)14-22/h3-9,11-15,27H,10H2,1-2H3,(H,26,28). The monoisotopic (exact) mass is 476 g/mol. The van der Waals surface area contributed by atoms with Gasteiger partial charge in [-0.25, -0.2) is 8.42 Å². The Morgan fingerprint density at radius 3 is 2.16 bits per heavy atom. The summed E-state index contributed by atoms with van der Waals surface area (Å²) < 4.78 is 27.6. The molecule has 0 heterocycles. The second-order valence-corrected chi connectivity index (χ2v) is 9.97. The maximum absolute atomic E-state index is 12.6. The molecular weight excluding hydrogens is 455 g/mol. The zero-order chi connectivity index (χ0) is 22.6. The fraction of sp³-hybridized carbons (Fsp3) is 0.174. The fourth-order valence-corrected chi connectivity index (χ4v) is 4.74. The van der Waals surface area contributed by atoms with Crippen molar-refractivity contribution in [3.63, 3.8) is 0 Å². The molecule has 0 unspecified atom stereocenters. The number of amides is 1. The van der Waals surface area contributed by atoms with Crippen LogP contribution in [0.5, 0.6) is 0 Å². The molecule has 0 aliphatic carbocycles. The first-order chi connectivity index (χ1) is 14.6. The highest BCUT2D eigenvalue weighted by Crippen LogP contribution is 2.24. The molecule has 3 rings (SSSR count). The van der Waals surface area contributed by atoms with E-state index in [1.807, 2.05) is 24.3 Å². The highest BCUT2D eigenvalue weighted by Gasteiger charge is 2.16. The van der Waals surface area contributed by atoms with Crippen molar-refractivity contribution in [2.45, 2.75) is 31.1 Å². The molecule has 0 radical (unpaired) electrons. The van der Waals surface area contributed by atoms with Crippen LogP contribution in [0.3, 0.4) is 0 Å². The van der Waals surface area contributed by atoms with Crippen molar-refractivity contribution < 1.29 is 13.2 Å². The van der Waals surface area contributed by atoms with Gasteiger partial charge in [-0.15, -0.1) is 0 Å². The van der Waals surface area contributed by atoms with Crippen LogP contribution in [0.4, 0.5) is 11.4 Å². The molecule has 2 N–H and O–H groups in total. The number of sulfonamides is 1. The van der Waals surface area contributed by atoms with Crippen LogP contribution in [0.1, 0.15) is 30.9 Å². The zero-order valence-electron chi connectivity index (χ0n) is 17.0. The van der Waals surface area contributed by atoms with E-state index in [0.29, 0.717) is 11.6 Å². The molecule has 8 heteroatoms. The van der Waals surface area contributed by atoms with Gasteiger partial charge in [-0.2, -0.15) is 0 Å². The normalized spacial score (nSPS) is 11.4. The Hall–Kier alpha value is -2.54. The Balaban J connectivity index is 1.64. The molecule has 3 aromatic rings. The van der Waals surface area contributed by atoms with Gasteiger partial charge >= 0.3 is 0 Å². The van der Waals surface area contributed by atoms with Crippen molar-refractivity contribution >= 4 is 50.5 Å². The third-order valence-electron chi connectivity index (χ3n) is 4.55. The molecule has 3 aromatic carbocycles. The zero-order valence-corrected chi connectivity index (χ0v) is 19.4. The molecule has 0 spiro atoms. The van der Waals surface area contributed by atoms with Crippen LogP contribution in [0.2, 0.25) is 10.0 Å². The SMILES string of the molecule is CC(C)c1cccc(NC(=O)Cc2ccc(NS(=O)(=O)c3cc(Cl)cc(Cl)c3)cc2)c1. The minimum atomic E-state index is -3.84. The fourth-order valence-electron chi connectivity index (χ4n) is 2.95. The molecule has 0 bridgehead atoms. The maximum atomic E-state index is 12.6. The number of benzene rings is 3. The van der Waals surface area contributed by atoms with Crippen molar-refractivity contribution in [2.75, 3.05) is 10.0 Å². The van der Waals surface area contributed by atoms with Crippen molar-refractivity contribution in [1.29, 1.82) is 0 Å². The summed E-state index contributed by atoms with van der Waals surface area (Å²) in [5.74, 6) is 0.221. The molecule has 0 aliphatic heterocycles. The van der Waals surface area contributed by atoms with E-state index >= 15 is 0 Å². The van der Waals surface area contributed by atoms with E-state index in [-0.39, 0.29) is 27.3 Å². The average molecular weight is 477 g/mol. The minimum Gasteiger partial charge on any atom is -0.326 e. The average Bonchev–Trinajstić information content (AvgIpc) is 2.68. The summed E-state index contributed by atoms with van der Waals surface area (Å²) in [6.45, 7) is 4.19. The highest BCUT2D eigenvalue weighted by atomic mass is 35.5. The first-order valence-electron chi connectivity index (χ1n) is 9.60. The van der Waals surface area contributed by atoms with Gasteiger partial charge in [-0.3, -0.25) is 9.52 Å². The summed E-state index contributed by atoms with van der Waals surface area (Å²) in [4.78, 5) is 12.3. The van der Waals surface area contributed by atoms with E-state index in [0.717, 1.165) is 16.8 Å². The summed E-state index contributed by atoms with van der Waals surface area (Å²) in [5.41, 5.74) is 3.02. The molecule has 0 fully saturated rings. The lowest BCUT2D eigenvalue weighted by Gasteiger charge is -2.11. The van der Waals surface area contributed by atoms with Gasteiger partial charge in [0.05, 0.1) is 11.3 Å². The largest absolute Gasteiger partial charge is 0.326 e. The van der Waals surface area contributed by atoms with Crippen molar-refractivity contribution in [3.05, 3.63) is 87.9 Å². The Morgan fingerprint density at radius 1 is 0.903 bits per heavy atom. The summed E-state index contributed by atoms with van der Waals surface area (Å²) in [6.07, 6.45) is 0.169. The number of hydrogen-bond acceptors (Lipinski definition) is 3. The first kappa shape index (κ1) is 23.1. The summed E-state index contributed by atoms with van der Waals surface area (Å²) in [5, 5.41) is 3.35. The predicted molar refractivity (Wildman–Crippen MR) is 127 cm³/mol. The van der Waals surface area contributed by atoms with Gasteiger partial charge in [0.2, 0.25) is 5.91 Å². The second-order valence-electron chi connectivity index (χ2n) is 7.41. The molecule has 31 heavy (non-hydrogen) atoms. The number of rotatable bonds is 7. The van der Waals surface area contributed by atoms with Crippen molar-refractivity contribution in [2.24, 2.45) is 0 Å². The van der Waals surface area contributed by atoms with E-state index in [1.54, 1.807) is 24.3 Å². The third kappa shape index (κ3) is 6.47. The van der Waals surface area contributed by atoms with Crippen LogP contribution >= 0.6 is 23.2 Å². The van der Waals surface area contributed by atoms with Gasteiger partial charge in [0, 0.05) is 21.4 Å². The predicted octanol–water partition coefficient (Wildman–Crippen LogP) is 6.10. The second kappa shape index (κ2) is 9.73. The molecule has 0 atom stereocenters. The maximum Gasteiger partial charge on any atom is 0.261 e. The van der Waals surface area contributed by atoms with Crippen LogP contribution in [-0.4, -0.2) is 14.3 Å². The Morgan fingerprint density at radius 2 is 1.55 bits per heavy atom. The van der Waals surface area contributed by atoms with Crippen LogP contribution < -0.4 is 10.0 Å². The molecule has 162 valence electrons. The Bertz CT molecular complexity index is 1170. The number of anilines is 2. The van der Waals surface area contributed by atoms with Crippen molar-refractivity contribution in [3.8, 4) is 0 Å². The molecular formula is C23H22Cl2N2O3S. The summed E-state index contributed by atoms with van der Waals surface area (Å²) in [7, 11) is -3.84. The van der Waals surface area contributed by atoms with Gasteiger partial charge in [-0.05, 0) is 59.5 Å². The third-order valence-corrected chi connectivity index (χ3v) is 6.35. The van der Waals surface area contributed by atoms with Gasteiger partial charge in [0.15, 0.2) is 0 Å². The molecule has 0 saturated carbocycles. The van der Waals surface area contributed by atoms with E-state index in [2.05, 4.69) is 23.9 Å². The lowest BCUT2D eigenvalue weighted by Crippen LogP contribution is -2.15. The van der Waals surface area contributed by atoms with Crippen LogP contribution in [0, 0.1) is 0 Å². The van der Waals surface area contributed by atoms with E-state index in [4.69, 9.17) is 23.2 Å². The van der Waals surface area contributed by atoms with E-state index in [9.17, 15) is 13.2 Å². The number of halogens is 2. The summed E-state index contributed by atoms with van der Waals surface area (Å²) >= 11 is 11.8. The molecule has 0 aliphatic rings. The number of carbonyl (C=O) groups is 1. The molecule has 0 saturated heterocycles. The quantitative estimate of drug-likeness (QED) is 0.432. The van der Waals surface area contributed by atoms with Crippen LogP contribution in [0.25, 0.3) is 0 Å². The molecule has 0 aromatic heterocycles. The number of hydrogen-bond donors (Lipinski definition) is 2. The first-order valence-corrected chi connectivity index (χ1v) is 11.8. The number of carbonyl (C=O) groups excluding carboxylic acids is 1. The van der Waals surface area contributed by atoms with Crippen LogP contribution in [-0.2, 0) is 21.2 Å². The van der Waals surface area contributed by atoms with Crippen LogP contribution in [0.15, 0.2) is 71.6 Å². The Kier molecular flexibility index (Phi) is 7.26. The van der Waals surface area contributed by atoms with Gasteiger partial charge in [0.1, 0.15) is 0 Å². The Labute approximate surface area is 192 Å². The highest BCUT2D eigenvalue weighted by molar-refractivity contribution is 7.92. The smallest absolute Gasteiger partial charge is 0.261 e. The van der Waals surface area contributed by atoms with Crippen molar-refractivity contribution in [1.82, 2.24) is 0 Å². The summed E-state index contributed by atoms with van der Waals surface area (Å²) in [6, 6.07) is 18.5. The molecule has 1 amide bonds. The van der Waals surface area contributed by atoms with Gasteiger partial charge in [0.25, 0.3) is 10.0 Å². The number of nitrogens with one attached hydrogen (secondary N) is 2. The lowest BCUT2D eigenvalue weighted by atomic mass is 10.0. The minimum absolute atomic E-state index is 0.0305. The topological polar surface area (TPSA) is 75.3 Å². The van der Waals surface area contributed by atoms with E-state index in [1.165, 1.54) is 18.2 Å². The van der Waals surface area contributed by atoms with Gasteiger partial charge < -0.3 is 5.32 Å².